The van der Waals surface area contributed by atoms with Crippen LogP contribution in [0.3, 0.4) is 0 Å². The van der Waals surface area contributed by atoms with Gasteiger partial charge in [0.25, 0.3) is 5.91 Å². The highest BCUT2D eigenvalue weighted by Gasteiger charge is 2.38. The number of carboxylic acids is 1. The Hall–Kier alpha value is -3.93. The molecule has 0 spiro atoms. The van der Waals surface area contributed by atoms with Gasteiger partial charge in [0.15, 0.2) is 0 Å². The molecule has 3 aromatic heterocycles. The van der Waals surface area contributed by atoms with Crippen molar-refractivity contribution in [3.8, 4) is 5.95 Å². The fourth-order valence-corrected chi connectivity index (χ4v) is 3.77. The Morgan fingerprint density at radius 3 is 2.25 bits per heavy atom. The molecule has 192 valence electrons. The van der Waals surface area contributed by atoms with Crippen molar-refractivity contribution in [2.45, 2.75) is 26.1 Å². The number of hydrogen-bond donors (Lipinski definition) is 2. The van der Waals surface area contributed by atoms with E-state index in [1.165, 1.54) is 0 Å². The molecule has 0 saturated carbocycles. The van der Waals surface area contributed by atoms with Crippen molar-refractivity contribution in [1.82, 2.24) is 29.3 Å². The van der Waals surface area contributed by atoms with Crippen molar-refractivity contribution < 1.29 is 27.9 Å². The van der Waals surface area contributed by atoms with E-state index in [9.17, 15) is 18.0 Å². The monoisotopic (exact) mass is 504 g/mol. The van der Waals surface area contributed by atoms with Crippen LogP contribution in [0.4, 0.5) is 13.2 Å². The molecule has 9 nitrogen and oxygen atoms in total. The molecule has 0 radical (unpaired) electrons. The van der Waals surface area contributed by atoms with Gasteiger partial charge >= 0.3 is 12.1 Å². The van der Waals surface area contributed by atoms with E-state index in [0.29, 0.717) is 18.2 Å². The lowest BCUT2D eigenvalue weighted by Gasteiger charge is -2.12. The highest BCUT2D eigenvalue weighted by molar-refractivity contribution is 6.11. The number of benzene rings is 1. The number of likely N-dealkylation sites (N-methyl/N-ethyl adjacent to an activating group) is 1. The summed E-state index contributed by atoms with van der Waals surface area (Å²) in [6.45, 7) is 5.65. The van der Waals surface area contributed by atoms with Gasteiger partial charge in [-0.3, -0.25) is 9.36 Å². The number of halogens is 3. The molecule has 0 aliphatic carbocycles. The summed E-state index contributed by atoms with van der Waals surface area (Å²) in [6, 6.07) is 12.2. The molecule has 1 amide bonds. The number of aromatic nitrogens is 4. The van der Waals surface area contributed by atoms with Gasteiger partial charge in [0, 0.05) is 36.9 Å². The number of nitrogens with zero attached hydrogens (tertiary/aromatic N) is 5. The Morgan fingerprint density at radius 1 is 1.08 bits per heavy atom. The minimum absolute atomic E-state index is 0.130. The first-order valence-electron chi connectivity index (χ1n) is 11.1. The number of carbonyl (C=O) groups excluding carboxylic acids is 1. The van der Waals surface area contributed by atoms with Gasteiger partial charge in [0.05, 0.1) is 16.6 Å². The number of carboxylic acid groups (broad SMARTS) is 1. The summed E-state index contributed by atoms with van der Waals surface area (Å²) in [4.78, 5) is 32.9. The van der Waals surface area contributed by atoms with Gasteiger partial charge in [0.2, 0.25) is 5.95 Å². The van der Waals surface area contributed by atoms with Gasteiger partial charge in [-0.25, -0.2) is 14.8 Å². The summed E-state index contributed by atoms with van der Waals surface area (Å²) >= 11 is 0. The van der Waals surface area contributed by atoms with E-state index < -0.39 is 12.1 Å². The molecule has 0 fully saturated rings. The second kappa shape index (κ2) is 10.8. The third-order valence-corrected chi connectivity index (χ3v) is 5.25. The Labute approximate surface area is 205 Å². The smallest absolute Gasteiger partial charge is 0.475 e. The minimum Gasteiger partial charge on any atom is -0.475 e. The molecule has 12 heteroatoms. The summed E-state index contributed by atoms with van der Waals surface area (Å²) in [5.74, 6) is -2.39. The van der Waals surface area contributed by atoms with Crippen LogP contribution in [0.25, 0.3) is 27.9 Å². The Morgan fingerprint density at radius 2 is 1.69 bits per heavy atom. The zero-order valence-corrected chi connectivity index (χ0v) is 20.2. The molecule has 4 rings (SSSR count). The van der Waals surface area contributed by atoms with Crippen molar-refractivity contribution in [2.75, 3.05) is 27.2 Å². The van der Waals surface area contributed by atoms with E-state index in [0.717, 1.165) is 28.5 Å². The molecule has 0 unspecified atom stereocenters. The molecule has 4 aromatic rings. The van der Waals surface area contributed by atoms with Crippen molar-refractivity contribution in [1.29, 1.82) is 0 Å². The lowest BCUT2D eigenvalue weighted by atomic mass is 10.2. The molecule has 0 aliphatic heterocycles. The maximum atomic E-state index is 13.1. The SMILES string of the molecule is CC(C)n1c2ccccc2c2c1cc(C(=O)NCCN(C)C)n2-c1ncccn1.O=C(O)C(F)(F)F. The maximum absolute atomic E-state index is 13.1. The number of carbonyl (C=O) groups is 2. The standard InChI is InChI=1S/C22H26N6O.C2HF3O2/c1-15(2)27-17-9-6-5-8-16(17)20-18(27)14-19(21(29)23-12-13-26(3)4)28(20)22-24-10-7-11-25-22;3-2(4,5)1(6)7/h5-11,14-15H,12-13H2,1-4H3,(H,23,29);(H,6,7). The van der Waals surface area contributed by atoms with Crippen LogP contribution in [0, 0.1) is 0 Å². The van der Waals surface area contributed by atoms with Crippen molar-refractivity contribution >= 4 is 33.8 Å². The molecule has 0 aliphatic rings. The summed E-state index contributed by atoms with van der Waals surface area (Å²) < 4.78 is 35.9. The van der Waals surface area contributed by atoms with Gasteiger partial charge in [-0.2, -0.15) is 13.2 Å². The molecule has 0 bridgehead atoms. The first kappa shape index (κ1) is 26.7. The van der Waals surface area contributed by atoms with Gasteiger partial charge in [-0.1, -0.05) is 18.2 Å². The average Bonchev–Trinajstić information content (AvgIpc) is 3.34. The molecule has 0 saturated heterocycles. The number of rotatable bonds is 6. The number of nitrogens with one attached hydrogen (secondary N) is 1. The first-order valence-corrected chi connectivity index (χ1v) is 11.1. The zero-order chi connectivity index (χ0) is 26.6. The summed E-state index contributed by atoms with van der Waals surface area (Å²) in [7, 11) is 3.97. The van der Waals surface area contributed by atoms with E-state index >= 15 is 0 Å². The van der Waals surface area contributed by atoms with Crippen LogP contribution in [-0.4, -0.2) is 74.3 Å². The van der Waals surface area contributed by atoms with E-state index in [1.54, 1.807) is 18.5 Å². The number of amides is 1. The van der Waals surface area contributed by atoms with E-state index in [2.05, 4.69) is 45.8 Å². The summed E-state index contributed by atoms with van der Waals surface area (Å²) in [5, 5.41) is 11.2. The predicted octanol–water partition coefficient (Wildman–Crippen LogP) is 3.88. The zero-order valence-electron chi connectivity index (χ0n) is 20.2. The second-order valence-electron chi connectivity index (χ2n) is 8.49. The maximum Gasteiger partial charge on any atom is 0.490 e. The molecule has 1 aromatic carbocycles. The third kappa shape index (κ3) is 5.65. The van der Waals surface area contributed by atoms with Crippen LogP contribution in [0.15, 0.2) is 48.8 Å². The Bertz CT molecular complexity index is 1360. The summed E-state index contributed by atoms with van der Waals surface area (Å²) in [5.41, 5.74) is 3.64. The van der Waals surface area contributed by atoms with Crippen molar-refractivity contribution in [2.24, 2.45) is 0 Å². The number of fused-ring (bicyclic) bond motifs is 3. The Balaban J connectivity index is 0.000000454. The molecule has 2 N–H and O–H groups in total. The van der Waals surface area contributed by atoms with E-state index in [4.69, 9.17) is 9.90 Å². The fourth-order valence-electron chi connectivity index (χ4n) is 3.77. The highest BCUT2D eigenvalue weighted by Crippen LogP contribution is 2.35. The van der Waals surface area contributed by atoms with Gasteiger partial charge in [-0.05, 0) is 46.1 Å². The first-order chi connectivity index (χ1) is 16.9. The number of aliphatic carboxylic acids is 1. The molecule has 0 atom stereocenters. The second-order valence-corrected chi connectivity index (χ2v) is 8.49. The molecular formula is C24H27F3N6O3. The molecule has 36 heavy (non-hydrogen) atoms. The number of para-hydroxylation sites is 1. The van der Waals surface area contributed by atoms with Gasteiger partial charge < -0.3 is 19.9 Å². The lowest BCUT2D eigenvalue weighted by molar-refractivity contribution is -0.192. The Kier molecular flexibility index (Phi) is 7.98. The van der Waals surface area contributed by atoms with E-state index in [1.807, 2.05) is 41.8 Å². The topological polar surface area (TPSA) is 105 Å². The van der Waals surface area contributed by atoms with E-state index in [-0.39, 0.29) is 11.9 Å². The predicted molar refractivity (Wildman–Crippen MR) is 129 cm³/mol. The van der Waals surface area contributed by atoms with Crippen LogP contribution in [0.2, 0.25) is 0 Å². The number of alkyl halides is 3. The quantitative estimate of drug-likeness (QED) is 0.413. The molecular weight excluding hydrogens is 477 g/mol. The minimum atomic E-state index is -5.08. The fraction of sp³-hybridized carbons (Fsp3) is 0.333. The highest BCUT2D eigenvalue weighted by atomic mass is 19.4. The van der Waals surface area contributed by atoms with Gasteiger partial charge in [0.1, 0.15) is 5.69 Å². The largest absolute Gasteiger partial charge is 0.490 e. The van der Waals surface area contributed by atoms with Crippen molar-refractivity contribution in [3.63, 3.8) is 0 Å². The average molecular weight is 505 g/mol. The number of hydrogen-bond acceptors (Lipinski definition) is 5. The van der Waals surface area contributed by atoms with Crippen LogP contribution >= 0.6 is 0 Å². The van der Waals surface area contributed by atoms with Crippen LogP contribution < -0.4 is 5.32 Å². The summed E-state index contributed by atoms with van der Waals surface area (Å²) in [6.07, 6.45) is -1.69. The van der Waals surface area contributed by atoms with Crippen LogP contribution in [0.5, 0.6) is 0 Å². The lowest BCUT2D eigenvalue weighted by Crippen LogP contribution is -2.32. The third-order valence-electron chi connectivity index (χ3n) is 5.25. The van der Waals surface area contributed by atoms with Crippen molar-refractivity contribution in [3.05, 3.63) is 54.5 Å². The van der Waals surface area contributed by atoms with Gasteiger partial charge in [-0.15, -0.1) is 0 Å². The van der Waals surface area contributed by atoms with Crippen LogP contribution in [-0.2, 0) is 4.79 Å². The van der Waals surface area contributed by atoms with Crippen LogP contribution in [0.1, 0.15) is 30.4 Å². The normalized spacial score (nSPS) is 11.7. The molecule has 3 heterocycles.